The van der Waals surface area contributed by atoms with E-state index < -0.39 is 0 Å². The quantitative estimate of drug-likeness (QED) is 0.712. The number of carbonyl (C=O) groups is 1. The lowest BCUT2D eigenvalue weighted by Gasteiger charge is -2.24. The third-order valence-electron chi connectivity index (χ3n) is 4.74. The minimum absolute atomic E-state index is 0.0357. The highest BCUT2D eigenvalue weighted by molar-refractivity contribution is 6.30. The summed E-state index contributed by atoms with van der Waals surface area (Å²) < 4.78 is 2.07. The second-order valence-corrected chi connectivity index (χ2v) is 7.01. The van der Waals surface area contributed by atoms with Crippen LogP contribution in [0, 0.1) is 5.92 Å². The van der Waals surface area contributed by atoms with Crippen LogP contribution in [0.15, 0.2) is 48.8 Å². The predicted molar refractivity (Wildman–Crippen MR) is 102 cm³/mol. The first-order valence-electron chi connectivity index (χ1n) is 8.80. The molecule has 1 aromatic carbocycles. The van der Waals surface area contributed by atoms with E-state index in [1.165, 1.54) is 0 Å². The Balaban J connectivity index is 2.09. The van der Waals surface area contributed by atoms with Crippen molar-refractivity contribution in [3.8, 4) is 0 Å². The zero-order valence-corrected chi connectivity index (χ0v) is 15.6. The van der Waals surface area contributed by atoms with Crippen LogP contribution in [0.3, 0.4) is 0 Å². The lowest BCUT2D eigenvalue weighted by molar-refractivity contribution is -0.123. The molecular weight excluding hydrogens is 336 g/mol. The first kappa shape index (κ1) is 19.5. The van der Waals surface area contributed by atoms with Crippen LogP contribution < -0.4 is 5.32 Å². The molecule has 0 bridgehead atoms. The summed E-state index contributed by atoms with van der Waals surface area (Å²) in [5.41, 5.74) is 1.08. The van der Waals surface area contributed by atoms with E-state index >= 15 is 0 Å². The molecule has 25 heavy (non-hydrogen) atoms. The molecule has 0 aliphatic carbocycles. The smallest absolute Gasteiger partial charge is 0.220 e. The lowest BCUT2D eigenvalue weighted by atomic mass is 9.94. The summed E-state index contributed by atoms with van der Waals surface area (Å²) >= 11 is 5.99. The van der Waals surface area contributed by atoms with Crippen LogP contribution in [0.25, 0.3) is 0 Å². The van der Waals surface area contributed by atoms with E-state index in [2.05, 4.69) is 16.8 Å². The summed E-state index contributed by atoms with van der Waals surface area (Å²) in [6.07, 6.45) is 5.27. The zero-order valence-electron chi connectivity index (χ0n) is 14.9. The van der Waals surface area contributed by atoms with Crippen LogP contribution in [0.5, 0.6) is 0 Å². The Morgan fingerprint density at radius 1 is 1.24 bits per heavy atom. The Labute approximate surface area is 154 Å². The van der Waals surface area contributed by atoms with E-state index in [9.17, 15) is 9.90 Å². The van der Waals surface area contributed by atoms with Gasteiger partial charge in [0.25, 0.3) is 0 Å². The van der Waals surface area contributed by atoms with Gasteiger partial charge in [-0.2, -0.15) is 0 Å². The molecule has 2 N–H and O–H groups in total. The van der Waals surface area contributed by atoms with Crippen molar-refractivity contribution in [1.29, 1.82) is 0 Å². The number of rotatable bonds is 9. The molecule has 0 radical (unpaired) electrons. The minimum Gasteiger partial charge on any atom is -0.394 e. The molecule has 2 aromatic rings. The summed E-state index contributed by atoms with van der Waals surface area (Å²) in [7, 11) is 0. The monoisotopic (exact) mass is 362 g/mol. The number of aromatic nitrogens is 1. The standard InChI is InChI=1S/C20H27ClN2O2/c1-3-15(2)19(14-24)22-20(25)12-17(13-23-10-4-5-11-23)16-6-8-18(21)9-7-16/h4-11,15,17,19,24H,3,12-14H2,1-2H3,(H,22,25)/t15-,17-,19-/m1/s1. The maximum Gasteiger partial charge on any atom is 0.220 e. The highest BCUT2D eigenvalue weighted by Crippen LogP contribution is 2.24. The number of nitrogens with one attached hydrogen (secondary N) is 1. The van der Waals surface area contributed by atoms with Gasteiger partial charge in [0, 0.05) is 36.3 Å². The number of hydrogen-bond donors (Lipinski definition) is 2. The van der Waals surface area contributed by atoms with Crippen molar-refractivity contribution in [3.05, 3.63) is 59.4 Å². The molecule has 0 aliphatic heterocycles. The number of carbonyl (C=O) groups excluding carboxylic acids is 1. The van der Waals surface area contributed by atoms with E-state index in [0.29, 0.717) is 11.4 Å². The summed E-state index contributed by atoms with van der Waals surface area (Å²) in [6.45, 7) is 4.78. The van der Waals surface area contributed by atoms with E-state index in [1.54, 1.807) is 0 Å². The maximum absolute atomic E-state index is 12.6. The average molecular weight is 363 g/mol. The number of hydrogen-bond acceptors (Lipinski definition) is 2. The van der Waals surface area contributed by atoms with Gasteiger partial charge in [0.2, 0.25) is 5.91 Å². The number of aliphatic hydroxyl groups is 1. The molecule has 0 saturated carbocycles. The van der Waals surface area contributed by atoms with Gasteiger partial charge in [-0.05, 0) is 35.7 Å². The summed E-state index contributed by atoms with van der Waals surface area (Å²) in [5.74, 6) is 0.250. The summed E-state index contributed by atoms with van der Waals surface area (Å²) in [6, 6.07) is 11.4. The Morgan fingerprint density at radius 2 is 1.88 bits per heavy atom. The number of aliphatic hydroxyl groups excluding tert-OH is 1. The van der Waals surface area contributed by atoms with Gasteiger partial charge in [0.05, 0.1) is 12.6 Å². The van der Waals surface area contributed by atoms with Crippen molar-refractivity contribution in [1.82, 2.24) is 9.88 Å². The van der Waals surface area contributed by atoms with E-state index in [4.69, 9.17) is 11.6 Å². The molecule has 0 fully saturated rings. The highest BCUT2D eigenvalue weighted by Gasteiger charge is 2.21. The van der Waals surface area contributed by atoms with Gasteiger partial charge in [-0.15, -0.1) is 0 Å². The molecule has 0 saturated heterocycles. The van der Waals surface area contributed by atoms with Crippen molar-refractivity contribution in [3.63, 3.8) is 0 Å². The fourth-order valence-electron chi connectivity index (χ4n) is 2.91. The van der Waals surface area contributed by atoms with E-state index in [-0.39, 0.29) is 30.4 Å². The van der Waals surface area contributed by atoms with Gasteiger partial charge in [0.1, 0.15) is 0 Å². The summed E-state index contributed by atoms with van der Waals surface area (Å²) in [5, 5.41) is 13.2. The normalized spacial score (nSPS) is 14.7. The highest BCUT2D eigenvalue weighted by atomic mass is 35.5. The average Bonchev–Trinajstić information content (AvgIpc) is 3.12. The van der Waals surface area contributed by atoms with Crippen LogP contribution in [-0.4, -0.2) is 28.2 Å². The third kappa shape index (κ3) is 5.91. The van der Waals surface area contributed by atoms with Crippen LogP contribution in [0.4, 0.5) is 0 Å². The molecule has 0 aliphatic rings. The number of amides is 1. The number of nitrogens with zero attached hydrogens (tertiary/aromatic N) is 1. The van der Waals surface area contributed by atoms with Gasteiger partial charge in [-0.3, -0.25) is 4.79 Å². The molecular formula is C20H27ClN2O2. The third-order valence-corrected chi connectivity index (χ3v) is 5.00. The van der Waals surface area contributed by atoms with Crippen LogP contribution in [0.1, 0.15) is 38.2 Å². The fourth-order valence-corrected chi connectivity index (χ4v) is 3.04. The SMILES string of the molecule is CC[C@@H](C)[C@@H](CO)NC(=O)C[C@H](Cn1cccc1)c1ccc(Cl)cc1. The topological polar surface area (TPSA) is 54.3 Å². The first-order chi connectivity index (χ1) is 12.0. The van der Waals surface area contributed by atoms with Crippen molar-refractivity contribution in [2.45, 2.75) is 45.2 Å². The molecule has 136 valence electrons. The Bertz CT molecular complexity index is 640. The maximum atomic E-state index is 12.6. The van der Waals surface area contributed by atoms with Crippen LogP contribution in [-0.2, 0) is 11.3 Å². The van der Waals surface area contributed by atoms with E-state index in [1.807, 2.05) is 55.7 Å². The van der Waals surface area contributed by atoms with Crippen molar-refractivity contribution < 1.29 is 9.90 Å². The molecule has 1 heterocycles. The van der Waals surface area contributed by atoms with Gasteiger partial charge >= 0.3 is 0 Å². The second kappa shape index (κ2) is 9.64. The van der Waals surface area contributed by atoms with Crippen molar-refractivity contribution in [2.75, 3.05) is 6.61 Å². The molecule has 2 rings (SSSR count). The summed E-state index contributed by atoms with van der Waals surface area (Å²) in [4.78, 5) is 12.6. The van der Waals surface area contributed by atoms with Gasteiger partial charge in [-0.25, -0.2) is 0 Å². The molecule has 0 unspecified atom stereocenters. The van der Waals surface area contributed by atoms with Crippen LogP contribution in [0.2, 0.25) is 5.02 Å². The molecule has 5 heteroatoms. The first-order valence-corrected chi connectivity index (χ1v) is 9.17. The molecule has 1 aromatic heterocycles. The number of benzene rings is 1. The molecule has 3 atom stereocenters. The Kier molecular flexibility index (Phi) is 7.53. The van der Waals surface area contributed by atoms with Gasteiger partial charge < -0.3 is 15.0 Å². The zero-order chi connectivity index (χ0) is 18.2. The lowest BCUT2D eigenvalue weighted by Crippen LogP contribution is -2.42. The molecule has 4 nitrogen and oxygen atoms in total. The van der Waals surface area contributed by atoms with Crippen molar-refractivity contribution >= 4 is 17.5 Å². The largest absolute Gasteiger partial charge is 0.394 e. The second-order valence-electron chi connectivity index (χ2n) is 6.57. The minimum atomic E-state index is -0.199. The van der Waals surface area contributed by atoms with Gasteiger partial charge in [-0.1, -0.05) is 44.0 Å². The van der Waals surface area contributed by atoms with Crippen molar-refractivity contribution in [2.24, 2.45) is 5.92 Å². The Morgan fingerprint density at radius 3 is 2.44 bits per heavy atom. The van der Waals surface area contributed by atoms with Gasteiger partial charge in [0.15, 0.2) is 0 Å². The van der Waals surface area contributed by atoms with Crippen LogP contribution >= 0.6 is 11.6 Å². The molecule has 0 spiro atoms. The fraction of sp³-hybridized carbons (Fsp3) is 0.450. The predicted octanol–water partition coefficient (Wildman–Crippen LogP) is 3.84. The molecule has 1 amide bonds. The number of halogens is 1. The van der Waals surface area contributed by atoms with E-state index in [0.717, 1.165) is 18.5 Å². The Hall–Kier alpha value is -1.78.